The lowest BCUT2D eigenvalue weighted by molar-refractivity contribution is 0.150. The second kappa shape index (κ2) is 8.48. The van der Waals surface area contributed by atoms with Crippen molar-refractivity contribution in [2.45, 2.75) is 57.2 Å². The van der Waals surface area contributed by atoms with Crippen molar-refractivity contribution < 1.29 is 9.84 Å². The standard InChI is InChI=1S/C21H25N5O2/c22-21-25-19-18(20(26-21)28-15-9-5-2-6-10-15)24-16(13-23-19)17(27)12-11-14-7-3-1-4-8-14/h1,3-4,7-8,13,15,17,27H,2,5-6,9-12H2,(H2,22,23,25,26)/t17-/m1/s1. The Hall–Kier alpha value is -2.80. The Labute approximate surface area is 164 Å². The fraction of sp³-hybridized carbons (Fsp3) is 0.429. The molecule has 1 aliphatic rings. The van der Waals surface area contributed by atoms with Crippen LogP contribution in [-0.2, 0) is 6.42 Å². The molecule has 1 aromatic carbocycles. The largest absolute Gasteiger partial charge is 0.473 e. The van der Waals surface area contributed by atoms with E-state index in [2.05, 4.69) is 19.9 Å². The molecule has 1 fully saturated rings. The van der Waals surface area contributed by atoms with E-state index >= 15 is 0 Å². The first-order valence-electron chi connectivity index (χ1n) is 9.88. The number of nitrogen functional groups attached to an aromatic ring is 1. The lowest BCUT2D eigenvalue weighted by Gasteiger charge is -2.22. The van der Waals surface area contributed by atoms with Crippen LogP contribution in [0.1, 0.15) is 55.9 Å². The molecule has 7 heteroatoms. The summed E-state index contributed by atoms with van der Waals surface area (Å²) in [6, 6.07) is 10.1. The molecule has 2 aromatic heterocycles. The van der Waals surface area contributed by atoms with E-state index in [4.69, 9.17) is 10.5 Å². The molecule has 4 rings (SSSR count). The van der Waals surface area contributed by atoms with Crippen LogP contribution in [0.5, 0.6) is 5.88 Å². The van der Waals surface area contributed by atoms with Crippen LogP contribution in [0.3, 0.4) is 0 Å². The number of aliphatic hydroxyl groups is 1. The minimum Gasteiger partial charge on any atom is -0.473 e. The van der Waals surface area contributed by atoms with Crippen LogP contribution < -0.4 is 10.5 Å². The van der Waals surface area contributed by atoms with Gasteiger partial charge in [-0.05, 0) is 44.1 Å². The molecule has 0 bridgehead atoms. The Kier molecular flexibility index (Phi) is 5.62. The Morgan fingerprint density at radius 3 is 2.64 bits per heavy atom. The number of nitrogens with two attached hydrogens (primary N) is 1. The monoisotopic (exact) mass is 379 g/mol. The molecule has 0 radical (unpaired) electrons. The summed E-state index contributed by atoms with van der Waals surface area (Å²) in [5.41, 5.74) is 8.33. The van der Waals surface area contributed by atoms with E-state index in [1.165, 1.54) is 12.0 Å². The minimum absolute atomic E-state index is 0.111. The molecule has 1 atom stereocenters. The molecule has 0 aliphatic heterocycles. The first-order chi connectivity index (χ1) is 13.7. The molecule has 0 unspecified atom stereocenters. The molecule has 7 nitrogen and oxygen atoms in total. The summed E-state index contributed by atoms with van der Waals surface area (Å²) >= 11 is 0. The normalized spacial score (nSPS) is 16.2. The number of hydrogen-bond donors (Lipinski definition) is 2. The van der Waals surface area contributed by atoms with E-state index in [0.29, 0.717) is 29.2 Å². The number of aliphatic hydroxyl groups excluding tert-OH is 1. The SMILES string of the molecule is Nc1nc(OC2CCCCC2)c2nc([C@H](O)CCc3ccccc3)cnc2n1. The molecule has 3 aromatic rings. The summed E-state index contributed by atoms with van der Waals surface area (Å²) in [6.07, 6.45) is 7.78. The second-order valence-corrected chi connectivity index (χ2v) is 7.27. The van der Waals surface area contributed by atoms with Crippen molar-refractivity contribution in [1.29, 1.82) is 0 Å². The zero-order valence-electron chi connectivity index (χ0n) is 15.8. The van der Waals surface area contributed by atoms with Crippen LogP contribution >= 0.6 is 0 Å². The fourth-order valence-corrected chi connectivity index (χ4v) is 3.59. The summed E-state index contributed by atoms with van der Waals surface area (Å²) in [4.78, 5) is 17.3. The molecule has 146 valence electrons. The highest BCUT2D eigenvalue weighted by Crippen LogP contribution is 2.28. The Bertz CT molecular complexity index is 929. The van der Waals surface area contributed by atoms with Gasteiger partial charge in [0.15, 0.2) is 11.2 Å². The van der Waals surface area contributed by atoms with Crippen molar-refractivity contribution in [2.24, 2.45) is 0 Å². The van der Waals surface area contributed by atoms with E-state index in [-0.39, 0.29) is 12.1 Å². The van der Waals surface area contributed by atoms with Crippen molar-refractivity contribution in [3.63, 3.8) is 0 Å². The number of anilines is 1. The maximum absolute atomic E-state index is 10.6. The lowest BCUT2D eigenvalue weighted by atomic mass is 9.98. The van der Waals surface area contributed by atoms with Gasteiger partial charge >= 0.3 is 0 Å². The van der Waals surface area contributed by atoms with Crippen LogP contribution in [-0.4, -0.2) is 31.1 Å². The maximum Gasteiger partial charge on any atom is 0.247 e. The molecule has 0 amide bonds. The van der Waals surface area contributed by atoms with Crippen LogP contribution in [0.15, 0.2) is 36.5 Å². The van der Waals surface area contributed by atoms with Gasteiger partial charge in [0.2, 0.25) is 11.8 Å². The van der Waals surface area contributed by atoms with Crippen LogP contribution in [0.2, 0.25) is 0 Å². The number of aromatic nitrogens is 4. The summed E-state index contributed by atoms with van der Waals surface area (Å²) in [7, 11) is 0. The van der Waals surface area contributed by atoms with Gasteiger partial charge in [-0.15, -0.1) is 0 Å². The molecular weight excluding hydrogens is 354 g/mol. The van der Waals surface area contributed by atoms with E-state index in [1.54, 1.807) is 6.20 Å². The van der Waals surface area contributed by atoms with Gasteiger partial charge in [-0.25, -0.2) is 9.97 Å². The molecule has 0 saturated heterocycles. The molecule has 0 spiro atoms. The van der Waals surface area contributed by atoms with Crippen LogP contribution in [0.4, 0.5) is 5.95 Å². The third-order valence-electron chi connectivity index (χ3n) is 5.13. The minimum atomic E-state index is -0.725. The van der Waals surface area contributed by atoms with Crippen molar-refractivity contribution in [3.8, 4) is 5.88 Å². The van der Waals surface area contributed by atoms with Gasteiger partial charge in [-0.3, -0.25) is 0 Å². The third-order valence-corrected chi connectivity index (χ3v) is 5.13. The van der Waals surface area contributed by atoms with Gasteiger partial charge in [-0.1, -0.05) is 36.8 Å². The fourth-order valence-electron chi connectivity index (χ4n) is 3.59. The van der Waals surface area contributed by atoms with Crippen molar-refractivity contribution in [3.05, 3.63) is 47.8 Å². The quantitative estimate of drug-likeness (QED) is 0.676. The smallest absolute Gasteiger partial charge is 0.247 e. The van der Waals surface area contributed by atoms with Gasteiger partial charge in [-0.2, -0.15) is 9.97 Å². The molecule has 1 aliphatic carbocycles. The van der Waals surface area contributed by atoms with Crippen LogP contribution in [0, 0.1) is 0 Å². The maximum atomic E-state index is 10.6. The molecule has 1 saturated carbocycles. The highest BCUT2D eigenvalue weighted by atomic mass is 16.5. The topological polar surface area (TPSA) is 107 Å². The second-order valence-electron chi connectivity index (χ2n) is 7.27. The zero-order valence-corrected chi connectivity index (χ0v) is 15.8. The average Bonchev–Trinajstić information content (AvgIpc) is 2.73. The first-order valence-corrected chi connectivity index (χ1v) is 9.88. The van der Waals surface area contributed by atoms with Gasteiger partial charge in [0.05, 0.1) is 18.0 Å². The average molecular weight is 379 g/mol. The number of rotatable bonds is 6. The molecule has 28 heavy (non-hydrogen) atoms. The van der Waals surface area contributed by atoms with Gasteiger partial charge in [0, 0.05) is 0 Å². The number of nitrogens with zero attached hydrogens (tertiary/aromatic N) is 4. The highest BCUT2D eigenvalue weighted by molar-refractivity contribution is 5.76. The molecular formula is C21H25N5O2. The van der Waals surface area contributed by atoms with Crippen molar-refractivity contribution in [2.75, 3.05) is 5.73 Å². The van der Waals surface area contributed by atoms with E-state index in [9.17, 15) is 5.11 Å². The number of ether oxygens (including phenoxy) is 1. The Morgan fingerprint density at radius 2 is 1.86 bits per heavy atom. The van der Waals surface area contributed by atoms with Gasteiger partial charge in [0.25, 0.3) is 0 Å². The van der Waals surface area contributed by atoms with Gasteiger partial charge < -0.3 is 15.6 Å². The summed E-state index contributed by atoms with van der Waals surface area (Å²) in [6.45, 7) is 0. The summed E-state index contributed by atoms with van der Waals surface area (Å²) in [5.74, 6) is 0.476. The van der Waals surface area contributed by atoms with E-state index in [0.717, 1.165) is 32.1 Å². The third kappa shape index (κ3) is 4.36. The number of benzene rings is 1. The first kappa shape index (κ1) is 18.6. The zero-order chi connectivity index (χ0) is 19.3. The van der Waals surface area contributed by atoms with E-state index < -0.39 is 6.10 Å². The summed E-state index contributed by atoms with van der Waals surface area (Å²) in [5, 5.41) is 10.6. The Morgan fingerprint density at radius 1 is 1.07 bits per heavy atom. The van der Waals surface area contributed by atoms with Crippen molar-refractivity contribution in [1.82, 2.24) is 19.9 Å². The number of hydrogen-bond acceptors (Lipinski definition) is 7. The van der Waals surface area contributed by atoms with E-state index in [1.807, 2.05) is 30.3 Å². The predicted octanol–water partition coefficient (Wildman–Crippen LogP) is 3.38. The predicted molar refractivity (Wildman–Crippen MR) is 107 cm³/mol. The van der Waals surface area contributed by atoms with Crippen LogP contribution in [0.25, 0.3) is 11.2 Å². The van der Waals surface area contributed by atoms with Crippen molar-refractivity contribution >= 4 is 17.1 Å². The molecule has 2 heterocycles. The highest BCUT2D eigenvalue weighted by Gasteiger charge is 2.20. The Balaban J connectivity index is 1.56. The summed E-state index contributed by atoms with van der Waals surface area (Å²) < 4.78 is 6.10. The number of aryl methyl sites for hydroxylation is 1. The molecule has 3 N–H and O–H groups in total. The lowest BCUT2D eigenvalue weighted by Crippen LogP contribution is -2.21. The van der Waals surface area contributed by atoms with Gasteiger partial charge in [0.1, 0.15) is 6.10 Å². The number of fused-ring (bicyclic) bond motifs is 1.